The molecule has 3 rings (SSSR count). The van der Waals surface area contributed by atoms with E-state index in [9.17, 15) is 13.2 Å². The lowest BCUT2D eigenvalue weighted by Gasteiger charge is -2.32. The van der Waals surface area contributed by atoms with Gasteiger partial charge < -0.3 is 10.1 Å². The number of sulfonamides is 1. The Bertz CT molecular complexity index is 1090. The zero-order valence-electron chi connectivity index (χ0n) is 19.8. The lowest BCUT2D eigenvalue weighted by Crippen LogP contribution is -2.46. The van der Waals surface area contributed by atoms with Crippen LogP contribution in [0.15, 0.2) is 42.5 Å². The number of ether oxygens (including phenoxy) is 1. The summed E-state index contributed by atoms with van der Waals surface area (Å²) in [7, 11) is -2.02. The minimum absolute atomic E-state index is 0.120. The fourth-order valence-electron chi connectivity index (χ4n) is 4.21. The van der Waals surface area contributed by atoms with Gasteiger partial charge in [0.05, 0.1) is 24.8 Å². The molecule has 0 saturated carbocycles. The molecule has 186 valence electrons. The van der Waals surface area contributed by atoms with Gasteiger partial charge in [0.1, 0.15) is 5.75 Å². The lowest BCUT2D eigenvalue weighted by atomic mass is 9.94. The predicted molar refractivity (Wildman–Crippen MR) is 137 cm³/mol. The summed E-state index contributed by atoms with van der Waals surface area (Å²) in [5.74, 6) is 0.383. The van der Waals surface area contributed by atoms with E-state index in [0.29, 0.717) is 40.9 Å². The normalized spacial score (nSPS) is 18.0. The van der Waals surface area contributed by atoms with Crippen molar-refractivity contribution in [3.63, 3.8) is 0 Å². The molecule has 9 heteroatoms. The van der Waals surface area contributed by atoms with Gasteiger partial charge in [0.2, 0.25) is 15.9 Å². The first-order valence-corrected chi connectivity index (χ1v) is 13.8. The zero-order valence-corrected chi connectivity index (χ0v) is 22.1. The van der Waals surface area contributed by atoms with E-state index in [0.717, 1.165) is 17.7 Å². The molecule has 1 N–H and O–H groups in total. The molecule has 1 aliphatic rings. The van der Waals surface area contributed by atoms with Gasteiger partial charge in [0.15, 0.2) is 0 Å². The van der Waals surface area contributed by atoms with Crippen molar-refractivity contribution in [1.29, 1.82) is 0 Å². The summed E-state index contributed by atoms with van der Waals surface area (Å²) < 4.78 is 32.9. The van der Waals surface area contributed by atoms with Gasteiger partial charge in [-0.05, 0) is 60.6 Å². The van der Waals surface area contributed by atoms with Crippen molar-refractivity contribution in [3.05, 3.63) is 63.6 Å². The van der Waals surface area contributed by atoms with Crippen LogP contribution in [0.1, 0.15) is 50.3 Å². The number of hydrogen-bond donors (Lipinski definition) is 1. The maximum absolute atomic E-state index is 13.2. The minimum atomic E-state index is -3.63. The summed E-state index contributed by atoms with van der Waals surface area (Å²) in [4.78, 5) is 13.2. The van der Waals surface area contributed by atoms with Crippen LogP contribution in [0.2, 0.25) is 10.0 Å². The number of methoxy groups -OCH3 is 1. The topological polar surface area (TPSA) is 75.7 Å². The molecule has 1 heterocycles. The van der Waals surface area contributed by atoms with Gasteiger partial charge in [-0.15, -0.1) is 0 Å². The Hall–Kier alpha value is -1.80. The van der Waals surface area contributed by atoms with Gasteiger partial charge in [0, 0.05) is 23.1 Å². The molecule has 1 fully saturated rings. The standard InChI is InChI=1S/C25H32Cl2N2O4S/c1-17(2)13-24(18-7-10-22(33-3)11-8-18)28-25(30)19-5-4-12-29(15-19)34(31,32)16-20-6-9-21(26)14-23(20)27/h6-11,14,17,19,24H,4-5,12-13,15-16H2,1-3H3,(H,28,30)/t19-,24+/m1/s1. The second-order valence-corrected chi connectivity index (χ2v) is 12.0. The van der Waals surface area contributed by atoms with Crippen molar-refractivity contribution in [2.45, 2.75) is 44.9 Å². The van der Waals surface area contributed by atoms with E-state index in [4.69, 9.17) is 27.9 Å². The van der Waals surface area contributed by atoms with Gasteiger partial charge in [-0.2, -0.15) is 0 Å². The molecule has 2 aromatic carbocycles. The van der Waals surface area contributed by atoms with Crippen molar-refractivity contribution in [1.82, 2.24) is 9.62 Å². The molecule has 2 atom stereocenters. The van der Waals surface area contributed by atoms with Crippen molar-refractivity contribution in [3.8, 4) is 5.75 Å². The predicted octanol–water partition coefficient (Wildman–Crippen LogP) is 5.45. The first-order valence-electron chi connectivity index (χ1n) is 11.4. The number of benzene rings is 2. The Kier molecular flexibility index (Phi) is 9.27. The third-order valence-corrected chi connectivity index (χ3v) is 8.42. The van der Waals surface area contributed by atoms with Gasteiger partial charge in [0.25, 0.3) is 0 Å². The Labute approximate surface area is 212 Å². The summed E-state index contributed by atoms with van der Waals surface area (Å²) in [5, 5.41) is 3.94. The largest absolute Gasteiger partial charge is 0.497 e. The summed E-state index contributed by atoms with van der Waals surface area (Å²) in [6, 6.07) is 12.3. The number of carbonyl (C=O) groups is 1. The van der Waals surface area contributed by atoms with Crippen molar-refractivity contribution >= 4 is 39.1 Å². The number of halogens is 2. The third-order valence-electron chi connectivity index (χ3n) is 6.04. The van der Waals surface area contributed by atoms with Crippen LogP contribution in [0.4, 0.5) is 0 Å². The molecule has 0 bridgehead atoms. The Morgan fingerprint density at radius 3 is 2.50 bits per heavy atom. The van der Waals surface area contributed by atoms with Crippen LogP contribution in [0.5, 0.6) is 5.75 Å². The van der Waals surface area contributed by atoms with Gasteiger partial charge >= 0.3 is 0 Å². The Morgan fingerprint density at radius 1 is 1.18 bits per heavy atom. The van der Waals surface area contributed by atoms with E-state index in [2.05, 4.69) is 19.2 Å². The molecule has 0 unspecified atom stereocenters. The van der Waals surface area contributed by atoms with Crippen molar-refractivity contribution < 1.29 is 17.9 Å². The lowest BCUT2D eigenvalue weighted by molar-refractivity contribution is -0.127. The minimum Gasteiger partial charge on any atom is -0.497 e. The van der Waals surface area contributed by atoms with Crippen molar-refractivity contribution in [2.75, 3.05) is 20.2 Å². The van der Waals surface area contributed by atoms with Gasteiger partial charge in [-0.3, -0.25) is 4.79 Å². The first kappa shape index (κ1) is 26.8. The summed E-state index contributed by atoms with van der Waals surface area (Å²) in [6.07, 6.45) is 2.06. The maximum Gasteiger partial charge on any atom is 0.224 e. The third kappa shape index (κ3) is 7.11. The number of piperidine rings is 1. The first-order chi connectivity index (χ1) is 16.1. The Morgan fingerprint density at radius 2 is 1.88 bits per heavy atom. The van der Waals surface area contributed by atoms with E-state index in [1.807, 2.05) is 24.3 Å². The molecule has 0 radical (unpaired) electrons. The molecule has 0 spiro atoms. The summed E-state index contributed by atoms with van der Waals surface area (Å²) >= 11 is 12.1. The van der Waals surface area contributed by atoms with Crippen LogP contribution in [0, 0.1) is 11.8 Å². The van der Waals surface area contributed by atoms with Crippen LogP contribution in [0.25, 0.3) is 0 Å². The van der Waals surface area contributed by atoms with Crippen LogP contribution < -0.4 is 10.1 Å². The van der Waals surface area contributed by atoms with E-state index in [1.54, 1.807) is 19.2 Å². The van der Waals surface area contributed by atoms with Gasteiger partial charge in [-0.1, -0.05) is 55.2 Å². The molecule has 0 aliphatic carbocycles. The molecular formula is C25H32Cl2N2O4S. The molecule has 1 aliphatic heterocycles. The maximum atomic E-state index is 13.2. The fraction of sp³-hybridized carbons (Fsp3) is 0.480. The number of nitrogens with zero attached hydrogens (tertiary/aromatic N) is 1. The van der Waals surface area contributed by atoms with Crippen molar-refractivity contribution in [2.24, 2.45) is 11.8 Å². The Balaban J connectivity index is 1.70. The second kappa shape index (κ2) is 11.8. The average Bonchev–Trinajstić information content (AvgIpc) is 2.80. The highest BCUT2D eigenvalue weighted by atomic mass is 35.5. The average molecular weight is 528 g/mol. The monoisotopic (exact) mass is 526 g/mol. The number of hydrogen-bond acceptors (Lipinski definition) is 4. The molecule has 6 nitrogen and oxygen atoms in total. The molecule has 2 aromatic rings. The number of carbonyl (C=O) groups excluding carboxylic acids is 1. The highest BCUT2D eigenvalue weighted by Crippen LogP contribution is 2.28. The molecule has 0 aromatic heterocycles. The fourth-order valence-corrected chi connectivity index (χ4v) is 6.41. The van der Waals surface area contributed by atoms with Crippen LogP contribution in [-0.4, -0.2) is 38.8 Å². The van der Waals surface area contributed by atoms with E-state index < -0.39 is 15.9 Å². The number of rotatable bonds is 9. The molecule has 34 heavy (non-hydrogen) atoms. The summed E-state index contributed by atoms with van der Waals surface area (Å²) in [5.41, 5.74) is 1.50. The van der Waals surface area contributed by atoms with Crippen LogP contribution >= 0.6 is 23.2 Å². The van der Waals surface area contributed by atoms with Crippen LogP contribution in [0.3, 0.4) is 0 Å². The summed E-state index contributed by atoms with van der Waals surface area (Å²) in [6.45, 7) is 4.78. The molecule has 1 saturated heterocycles. The highest BCUT2D eigenvalue weighted by Gasteiger charge is 2.33. The van der Waals surface area contributed by atoms with Gasteiger partial charge in [-0.25, -0.2) is 12.7 Å². The van der Waals surface area contributed by atoms with E-state index in [-0.39, 0.29) is 24.2 Å². The van der Waals surface area contributed by atoms with E-state index >= 15 is 0 Å². The zero-order chi connectivity index (χ0) is 24.9. The number of nitrogens with one attached hydrogen (secondary N) is 1. The quantitative estimate of drug-likeness (QED) is 0.471. The smallest absolute Gasteiger partial charge is 0.224 e. The molecular weight excluding hydrogens is 495 g/mol. The second-order valence-electron chi connectivity index (χ2n) is 9.15. The van der Waals surface area contributed by atoms with Crippen LogP contribution in [-0.2, 0) is 20.6 Å². The van der Waals surface area contributed by atoms with E-state index in [1.165, 1.54) is 10.4 Å². The SMILES string of the molecule is COc1ccc([C@H](CC(C)C)NC(=O)[C@@H]2CCCN(S(=O)(=O)Cc3ccc(Cl)cc3Cl)C2)cc1. The highest BCUT2D eigenvalue weighted by molar-refractivity contribution is 7.88. The number of amides is 1. The molecule has 1 amide bonds.